The minimum Gasteiger partial charge on any atom is -0.306 e. The van der Waals surface area contributed by atoms with Gasteiger partial charge in [-0.1, -0.05) is 0 Å². The van der Waals surface area contributed by atoms with E-state index < -0.39 is 0 Å². The predicted octanol–water partition coefficient (Wildman–Crippen LogP) is 0.318. The number of nitrogens with zero attached hydrogens (tertiary/aromatic N) is 2. The third-order valence-electron chi connectivity index (χ3n) is 2.36. The van der Waals surface area contributed by atoms with Crippen LogP contribution in [-0.4, -0.2) is 47.3 Å². The van der Waals surface area contributed by atoms with E-state index in [2.05, 4.69) is 4.90 Å². The lowest BCUT2D eigenvalue weighted by molar-refractivity contribution is -0.176. The van der Waals surface area contributed by atoms with Crippen LogP contribution >= 0.6 is 0 Å². The molecule has 0 aromatic carbocycles. The van der Waals surface area contributed by atoms with Gasteiger partial charge in [-0.15, -0.1) is 0 Å². The zero-order valence-electron chi connectivity index (χ0n) is 7.66. The summed E-state index contributed by atoms with van der Waals surface area (Å²) in [6.45, 7) is 3.29. The lowest BCUT2D eigenvalue weighted by Crippen LogP contribution is -2.44. The number of piperidine rings is 1. The SMILES string of the molecule is CC(=O)N(O)C1CCN(C)CC1. The van der Waals surface area contributed by atoms with Gasteiger partial charge in [-0.25, -0.2) is 5.06 Å². The second-order valence-electron chi connectivity index (χ2n) is 3.40. The monoisotopic (exact) mass is 172 g/mol. The molecule has 0 aromatic rings. The molecule has 0 aliphatic carbocycles. The average molecular weight is 172 g/mol. The van der Waals surface area contributed by atoms with Crippen LogP contribution in [0.3, 0.4) is 0 Å². The molecular formula is C8H16N2O2. The van der Waals surface area contributed by atoms with Crippen LogP contribution in [0.25, 0.3) is 0 Å². The Morgan fingerprint density at radius 1 is 1.50 bits per heavy atom. The molecule has 0 aromatic heterocycles. The van der Waals surface area contributed by atoms with Gasteiger partial charge in [-0.05, 0) is 33.0 Å². The van der Waals surface area contributed by atoms with E-state index in [-0.39, 0.29) is 11.9 Å². The summed E-state index contributed by atoms with van der Waals surface area (Å²) in [5, 5.41) is 10.2. The predicted molar refractivity (Wildman–Crippen MR) is 44.8 cm³/mol. The molecule has 1 rings (SSSR count). The van der Waals surface area contributed by atoms with E-state index in [1.54, 1.807) is 0 Å². The van der Waals surface area contributed by atoms with Crippen LogP contribution in [0.15, 0.2) is 0 Å². The Hall–Kier alpha value is -0.610. The second-order valence-corrected chi connectivity index (χ2v) is 3.40. The van der Waals surface area contributed by atoms with Crippen molar-refractivity contribution in [1.29, 1.82) is 0 Å². The van der Waals surface area contributed by atoms with Gasteiger partial charge in [0.25, 0.3) is 0 Å². The van der Waals surface area contributed by atoms with Crippen molar-refractivity contribution in [2.75, 3.05) is 20.1 Å². The highest BCUT2D eigenvalue weighted by molar-refractivity contribution is 5.72. The summed E-state index contributed by atoms with van der Waals surface area (Å²) in [7, 11) is 2.05. The van der Waals surface area contributed by atoms with E-state index in [1.807, 2.05) is 7.05 Å². The maximum Gasteiger partial charge on any atom is 0.243 e. The van der Waals surface area contributed by atoms with E-state index in [4.69, 9.17) is 0 Å². The number of hydroxylamine groups is 2. The molecule has 70 valence electrons. The van der Waals surface area contributed by atoms with Crippen molar-refractivity contribution >= 4 is 5.91 Å². The van der Waals surface area contributed by atoms with Gasteiger partial charge in [0, 0.05) is 6.92 Å². The number of carbonyl (C=O) groups excluding carboxylic acids is 1. The molecule has 1 aliphatic rings. The fraction of sp³-hybridized carbons (Fsp3) is 0.875. The Balaban J connectivity index is 2.39. The Morgan fingerprint density at radius 2 is 2.00 bits per heavy atom. The Morgan fingerprint density at radius 3 is 2.42 bits per heavy atom. The number of likely N-dealkylation sites (tertiary alicyclic amines) is 1. The standard InChI is InChI=1S/C8H16N2O2/c1-7(11)10(12)8-3-5-9(2)6-4-8/h8,12H,3-6H2,1-2H3. The minimum atomic E-state index is -0.260. The molecular weight excluding hydrogens is 156 g/mol. The number of amides is 1. The van der Waals surface area contributed by atoms with Gasteiger partial charge < -0.3 is 4.90 Å². The minimum absolute atomic E-state index is 0.0266. The first-order valence-corrected chi connectivity index (χ1v) is 4.28. The van der Waals surface area contributed by atoms with E-state index in [0.717, 1.165) is 31.0 Å². The molecule has 0 spiro atoms. The fourth-order valence-corrected chi connectivity index (χ4v) is 1.50. The van der Waals surface area contributed by atoms with Crippen LogP contribution in [0, 0.1) is 0 Å². The largest absolute Gasteiger partial charge is 0.306 e. The molecule has 1 fully saturated rings. The van der Waals surface area contributed by atoms with Crippen LogP contribution in [-0.2, 0) is 4.79 Å². The third-order valence-corrected chi connectivity index (χ3v) is 2.36. The molecule has 0 radical (unpaired) electrons. The molecule has 0 bridgehead atoms. The first-order chi connectivity index (χ1) is 5.61. The van der Waals surface area contributed by atoms with Gasteiger partial charge >= 0.3 is 0 Å². The number of rotatable bonds is 1. The maximum atomic E-state index is 10.8. The molecule has 1 saturated heterocycles. The van der Waals surface area contributed by atoms with Gasteiger partial charge in [-0.3, -0.25) is 10.0 Å². The van der Waals surface area contributed by atoms with Gasteiger partial charge in [0.1, 0.15) is 0 Å². The van der Waals surface area contributed by atoms with Crippen molar-refractivity contribution in [3.05, 3.63) is 0 Å². The first kappa shape index (κ1) is 9.48. The van der Waals surface area contributed by atoms with Crippen molar-refractivity contribution in [3.63, 3.8) is 0 Å². The summed E-state index contributed by atoms with van der Waals surface area (Å²) < 4.78 is 0. The molecule has 12 heavy (non-hydrogen) atoms. The van der Waals surface area contributed by atoms with Gasteiger partial charge in [0.15, 0.2) is 0 Å². The lowest BCUT2D eigenvalue weighted by atomic mass is 10.1. The van der Waals surface area contributed by atoms with Crippen molar-refractivity contribution < 1.29 is 10.0 Å². The summed E-state index contributed by atoms with van der Waals surface area (Å²) in [5.41, 5.74) is 0. The maximum absolute atomic E-state index is 10.8. The van der Waals surface area contributed by atoms with Crippen LogP contribution in [0.2, 0.25) is 0 Å². The van der Waals surface area contributed by atoms with Crippen LogP contribution < -0.4 is 0 Å². The summed E-state index contributed by atoms with van der Waals surface area (Å²) in [4.78, 5) is 13.0. The second kappa shape index (κ2) is 3.87. The smallest absolute Gasteiger partial charge is 0.243 e. The molecule has 0 saturated carbocycles. The molecule has 1 N–H and O–H groups in total. The quantitative estimate of drug-likeness (QED) is 0.457. The molecule has 1 heterocycles. The molecule has 1 aliphatic heterocycles. The number of carbonyl (C=O) groups is 1. The lowest BCUT2D eigenvalue weighted by Gasteiger charge is -2.32. The molecule has 0 atom stereocenters. The zero-order chi connectivity index (χ0) is 9.14. The highest BCUT2D eigenvalue weighted by Gasteiger charge is 2.23. The van der Waals surface area contributed by atoms with Crippen molar-refractivity contribution in [1.82, 2.24) is 9.96 Å². The topological polar surface area (TPSA) is 43.8 Å². The van der Waals surface area contributed by atoms with Crippen molar-refractivity contribution in [2.24, 2.45) is 0 Å². The van der Waals surface area contributed by atoms with Crippen LogP contribution in [0.5, 0.6) is 0 Å². The Bertz CT molecular complexity index is 164. The highest BCUT2D eigenvalue weighted by atomic mass is 16.5. The average Bonchev–Trinajstić information content (AvgIpc) is 2.04. The van der Waals surface area contributed by atoms with E-state index in [1.165, 1.54) is 6.92 Å². The zero-order valence-corrected chi connectivity index (χ0v) is 7.66. The molecule has 0 unspecified atom stereocenters. The van der Waals surface area contributed by atoms with Gasteiger partial charge in [-0.2, -0.15) is 0 Å². The van der Waals surface area contributed by atoms with Crippen molar-refractivity contribution in [2.45, 2.75) is 25.8 Å². The molecule has 4 nitrogen and oxygen atoms in total. The van der Waals surface area contributed by atoms with E-state index in [0.29, 0.717) is 0 Å². The third kappa shape index (κ3) is 2.19. The fourth-order valence-electron chi connectivity index (χ4n) is 1.50. The number of hydrogen-bond donors (Lipinski definition) is 1. The summed E-state index contributed by atoms with van der Waals surface area (Å²) >= 11 is 0. The van der Waals surface area contributed by atoms with E-state index >= 15 is 0 Å². The Labute approximate surface area is 72.7 Å². The first-order valence-electron chi connectivity index (χ1n) is 4.28. The molecule has 4 heteroatoms. The summed E-state index contributed by atoms with van der Waals surface area (Å²) in [6, 6.07) is 0.0266. The normalized spacial score (nSPS) is 20.9. The summed E-state index contributed by atoms with van der Waals surface area (Å²) in [6.07, 6.45) is 1.74. The van der Waals surface area contributed by atoms with Gasteiger partial charge in [0.05, 0.1) is 6.04 Å². The number of hydrogen-bond acceptors (Lipinski definition) is 3. The van der Waals surface area contributed by atoms with Crippen LogP contribution in [0.1, 0.15) is 19.8 Å². The molecule has 1 amide bonds. The van der Waals surface area contributed by atoms with Gasteiger partial charge in [0.2, 0.25) is 5.91 Å². The van der Waals surface area contributed by atoms with E-state index in [9.17, 15) is 10.0 Å². The highest BCUT2D eigenvalue weighted by Crippen LogP contribution is 2.13. The Kier molecular flexibility index (Phi) is 3.05. The van der Waals surface area contributed by atoms with Crippen LogP contribution in [0.4, 0.5) is 0 Å². The summed E-state index contributed by atoms with van der Waals surface area (Å²) in [5.74, 6) is -0.260. The van der Waals surface area contributed by atoms with Crippen molar-refractivity contribution in [3.8, 4) is 0 Å².